The van der Waals surface area contributed by atoms with E-state index in [2.05, 4.69) is 256 Å². The van der Waals surface area contributed by atoms with E-state index in [1.165, 1.54) is 22.1 Å². The largest absolute Gasteiger partial charge is 0.456 e. The first kappa shape index (κ1) is 37.8. The Morgan fingerprint density at radius 3 is 1.36 bits per heavy atom. The molecule has 66 heavy (non-hydrogen) atoms. The van der Waals surface area contributed by atoms with Crippen LogP contribution in [0.15, 0.2) is 253 Å². The summed E-state index contributed by atoms with van der Waals surface area (Å²) in [6, 6.07) is 89.6. The van der Waals surface area contributed by atoms with Crippen molar-refractivity contribution in [2.24, 2.45) is 0 Å². The van der Waals surface area contributed by atoms with Crippen molar-refractivity contribution in [3.8, 4) is 0 Å². The lowest BCUT2D eigenvalue weighted by atomic mass is 9.33. The van der Waals surface area contributed by atoms with E-state index in [-0.39, 0.29) is 6.71 Å². The van der Waals surface area contributed by atoms with Crippen LogP contribution in [0.1, 0.15) is 0 Å². The highest BCUT2D eigenvalue weighted by atomic mass is 16.3. The van der Waals surface area contributed by atoms with Gasteiger partial charge in [-0.15, -0.1) is 0 Å². The summed E-state index contributed by atoms with van der Waals surface area (Å²) in [6.45, 7) is -0.0510. The molecule has 0 saturated carbocycles. The van der Waals surface area contributed by atoms with Crippen LogP contribution in [0.3, 0.4) is 0 Å². The third kappa shape index (κ3) is 6.11. The molecule has 6 heteroatoms. The van der Waals surface area contributed by atoms with E-state index < -0.39 is 0 Å². The van der Waals surface area contributed by atoms with Crippen molar-refractivity contribution in [3.05, 3.63) is 249 Å². The number of furan rings is 1. The van der Waals surface area contributed by atoms with Gasteiger partial charge in [0, 0.05) is 73.3 Å². The maximum absolute atomic E-state index is 6.32. The standard InChI is InChI=1S/C60H41BN4O/c1-6-20-42(21-7-1)62(43-22-8-2-9-23-43)49-40-56-60-57(41-49)65(46-28-14-5-15-29-46)55-39-48(34-36-53(55)61(60)52-31-17-18-32-54(52)64(56)45-26-12-4-13-27-45)63(44-24-10-3-11-25-44)47-35-37-59-51(38-47)50-30-16-19-33-58(50)66-59/h1-41H. The summed E-state index contributed by atoms with van der Waals surface area (Å²) in [5.41, 5.74) is 18.7. The molecule has 3 heterocycles. The van der Waals surface area contributed by atoms with Crippen molar-refractivity contribution in [1.82, 2.24) is 0 Å². The summed E-state index contributed by atoms with van der Waals surface area (Å²) in [5, 5.41) is 2.19. The van der Waals surface area contributed by atoms with Crippen molar-refractivity contribution in [2.75, 3.05) is 19.6 Å². The Hall–Kier alpha value is -8.74. The molecule has 0 fully saturated rings. The SMILES string of the molecule is c1ccc(N(c2ccccc2)c2cc3c4c(c2)N(c2ccccc2)c2cc(N(c5ccccc5)c5ccc6oc7ccccc7c6c5)ccc2B4c2ccccc2N3c2ccccc2)cc1. The molecule has 0 unspecified atom stereocenters. The molecule has 310 valence electrons. The average Bonchev–Trinajstić information content (AvgIpc) is 3.76. The number of anilines is 12. The van der Waals surface area contributed by atoms with Gasteiger partial charge < -0.3 is 24.0 Å². The fourth-order valence-electron chi connectivity index (χ4n) is 10.4. The molecule has 5 nitrogen and oxygen atoms in total. The molecule has 2 aliphatic heterocycles. The molecule has 0 bridgehead atoms. The number of para-hydroxylation sites is 7. The lowest BCUT2D eigenvalue weighted by Crippen LogP contribution is -2.61. The van der Waals surface area contributed by atoms with Gasteiger partial charge in [0.25, 0.3) is 6.71 Å². The van der Waals surface area contributed by atoms with Gasteiger partial charge in [0.05, 0.1) is 5.69 Å². The zero-order valence-corrected chi connectivity index (χ0v) is 35.9. The number of hydrogen-bond acceptors (Lipinski definition) is 5. The Morgan fingerprint density at radius 2 is 0.742 bits per heavy atom. The Bertz CT molecular complexity index is 3530. The second-order valence-electron chi connectivity index (χ2n) is 16.9. The molecule has 10 aromatic carbocycles. The van der Waals surface area contributed by atoms with Crippen LogP contribution in [-0.4, -0.2) is 6.71 Å². The van der Waals surface area contributed by atoms with Crippen LogP contribution in [0, 0.1) is 0 Å². The first-order chi connectivity index (χ1) is 32.8. The summed E-state index contributed by atoms with van der Waals surface area (Å²) >= 11 is 0. The Kier molecular flexibility index (Phi) is 8.88. The Labute approximate surface area is 384 Å². The van der Waals surface area contributed by atoms with E-state index in [0.717, 1.165) is 84.5 Å². The minimum absolute atomic E-state index is 0.0510. The van der Waals surface area contributed by atoms with Gasteiger partial charge in [-0.3, -0.25) is 0 Å². The molecule has 0 amide bonds. The average molecular weight is 845 g/mol. The zero-order valence-electron chi connectivity index (χ0n) is 35.9. The van der Waals surface area contributed by atoms with Crippen LogP contribution >= 0.6 is 0 Å². The van der Waals surface area contributed by atoms with E-state index in [9.17, 15) is 0 Å². The number of nitrogens with zero attached hydrogens (tertiary/aromatic N) is 4. The summed E-state index contributed by atoms with van der Waals surface area (Å²) in [5.74, 6) is 0. The highest BCUT2D eigenvalue weighted by molar-refractivity contribution is 7.00. The first-order valence-electron chi connectivity index (χ1n) is 22.5. The molecule has 0 aliphatic carbocycles. The number of benzene rings is 10. The Balaban J connectivity index is 1.10. The molecule has 0 saturated heterocycles. The van der Waals surface area contributed by atoms with Crippen molar-refractivity contribution in [1.29, 1.82) is 0 Å². The van der Waals surface area contributed by atoms with Crippen LogP contribution < -0.4 is 36.0 Å². The molecule has 0 spiro atoms. The second-order valence-corrected chi connectivity index (χ2v) is 16.9. The van der Waals surface area contributed by atoms with Gasteiger partial charge in [-0.2, -0.15) is 0 Å². The van der Waals surface area contributed by atoms with Crippen LogP contribution in [0.2, 0.25) is 0 Å². The maximum Gasteiger partial charge on any atom is 0.252 e. The molecule has 0 radical (unpaired) electrons. The van der Waals surface area contributed by atoms with Gasteiger partial charge in [0.15, 0.2) is 0 Å². The normalized spacial score (nSPS) is 12.5. The summed E-state index contributed by atoms with van der Waals surface area (Å²) < 4.78 is 6.32. The summed E-state index contributed by atoms with van der Waals surface area (Å²) in [7, 11) is 0. The molecular weight excluding hydrogens is 803 g/mol. The van der Waals surface area contributed by atoms with Crippen LogP contribution in [0.25, 0.3) is 21.9 Å². The van der Waals surface area contributed by atoms with Crippen molar-refractivity contribution in [3.63, 3.8) is 0 Å². The fraction of sp³-hybridized carbons (Fsp3) is 0. The lowest BCUT2D eigenvalue weighted by molar-refractivity contribution is 0.669. The maximum atomic E-state index is 6.32. The highest BCUT2D eigenvalue weighted by Gasteiger charge is 2.44. The van der Waals surface area contributed by atoms with E-state index in [1.54, 1.807) is 0 Å². The van der Waals surface area contributed by atoms with Crippen molar-refractivity contribution in [2.45, 2.75) is 0 Å². The molecule has 0 N–H and O–H groups in total. The topological polar surface area (TPSA) is 26.1 Å². The summed E-state index contributed by atoms with van der Waals surface area (Å²) in [6.07, 6.45) is 0. The molecule has 11 aromatic rings. The predicted octanol–water partition coefficient (Wildman–Crippen LogP) is 14.6. The summed E-state index contributed by atoms with van der Waals surface area (Å²) in [4.78, 5) is 9.73. The predicted molar refractivity (Wildman–Crippen MR) is 277 cm³/mol. The third-order valence-corrected chi connectivity index (χ3v) is 13.2. The van der Waals surface area contributed by atoms with E-state index in [0.29, 0.717) is 0 Å². The molecule has 2 aliphatic rings. The van der Waals surface area contributed by atoms with E-state index in [4.69, 9.17) is 4.42 Å². The zero-order chi connectivity index (χ0) is 43.6. The Morgan fingerprint density at radius 1 is 0.303 bits per heavy atom. The monoisotopic (exact) mass is 844 g/mol. The van der Waals surface area contributed by atoms with Gasteiger partial charge in [0.1, 0.15) is 11.2 Å². The smallest absolute Gasteiger partial charge is 0.252 e. The van der Waals surface area contributed by atoms with Gasteiger partial charge in [-0.05, 0) is 132 Å². The van der Waals surface area contributed by atoms with Crippen LogP contribution in [0.4, 0.5) is 68.2 Å². The van der Waals surface area contributed by atoms with E-state index in [1.807, 2.05) is 12.1 Å². The second kappa shape index (κ2) is 15.5. The fourth-order valence-corrected chi connectivity index (χ4v) is 10.4. The quantitative estimate of drug-likeness (QED) is 0.142. The van der Waals surface area contributed by atoms with E-state index >= 15 is 0 Å². The first-order valence-corrected chi connectivity index (χ1v) is 22.5. The minimum atomic E-state index is -0.0510. The number of hydrogen-bond donors (Lipinski definition) is 0. The lowest BCUT2D eigenvalue weighted by Gasteiger charge is -2.45. The molecule has 13 rings (SSSR count). The number of rotatable bonds is 8. The van der Waals surface area contributed by atoms with Gasteiger partial charge in [-0.1, -0.05) is 133 Å². The molecular formula is C60H41BN4O. The van der Waals surface area contributed by atoms with Crippen molar-refractivity contribution >= 4 is 113 Å². The van der Waals surface area contributed by atoms with Crippen LogP contribution in [-0.2, 0) is 0 Å². The van der Waals surface area contributed by atoms with Crippen molar-refractivity contribution < 1.29 is 4.42 Å². The molecule has 0 atom stereocenters. The third-order valence-electron chi connectivity index (χ3n) is 13.2. The van der Waals surface area contributed by atoms with Crippen LogP contribution in [0.5, 0.6) is 0 Å². The highest BCUT2D eigenvalue weighted by Crippen LogP contribution is 2.49. The minimum Gasteiger partial charge on any atom is -0.456 e. The molecule has 1 aromatic heterocycles. The van der Waals surface area contributed by atoms with Gasteiger partial charge in [0.2, 0.25) is 0 Å². The number of fused-ring (bicyclic) bond motifs is 7. The van der Waals surface area contributed by atoms with Gasteiger partial charge in [-0.25, -0.2) is 0 Å². The van der Waals surface area contributed by atoms with Gasteiger partial charge >= 0.3 is 0 Å².